The SMILES string of the molecule is CC(C)(O)C(C)(C)O[B]c1cc(Oc2cc([B]OC(C)(C)C(C)(C)O)cc(-c3ccccc3)c2)cc(C2=CCCC=C2)c1. The molecule has 0 unspecified atom stereocenters. The Balaban J connectivity index is 1.70. The first-order chi connectivity index (χ1) is 20.0. The van der Waals surface area contributed by atoms with E-state index in [1.807, 2.05) is 76.2 Å². The Morgan fingerprint density at radius 2 is 1.12 bits per heavy atom. The Hall–Kier alpha value is -3.09. The van der Waals surface area contributed by atoms with E-state index in [0.29, 0.717) is 11.5 Å². The van der Waals surface area contributed by atoms with Gasteiger partial charge in [-0.25, -0.2) is 0 Å². The van der Waals surface area contributed by atoms with Gasteiger partial charge in [0.25, 0.3) is 0 Å². The Morgan fingerprint density at radius 3 is 1.60 bits per heavy atom. The Kier molecular flexibility index (Phi) is 9.82. The molecule has 0 atom stereocenters. The number of hydrogen-bond donors (Lipinski definition) is 2. The summed E-state index contributed by atoms with van der Waals surface area (Å²) in [5.41, 5.74) is 2.10. The van der Waals surface area contributed by atoms with Crippen LogP contribution in [0.5, 0.6) is 11.5 Å². The molecule has 0 saturated heterocycles. The zero-order valence-corrected chi connectivity index (χ0v) is 26.8. The monoisotopic (exact) mass is 578 g/mol. The molecule has 0 aliphatic heterocycles. The summed E-state index contributed by atoms with van der Waals surface area (Å²) in [5.74, 6) is 1.30. The summed E-state index contributed by atoms with van der Waals surface area (Å²) in [4.78, 5) is 0. The molecule has 0 heterocycles. The average molecular weight is 578 g/mol. The molecule has 7 heteroatoms. The van der Waals surface area contributed by atoms with Gasteiger partial charge < -0.3 is 24.3 Å². The molecule has 2 N–H and O–H groups in total. The van der Waals surface area contributed by atoms with Crippen LogP contribution in [-0.2, 0) is 9.31 Å². The van der Waals surface area contributed by atoms with E-state index in [0.717, 1.165) is 46.0 Å². The summed E-state index contributed by atoms with van der Waals surface area (Å²) in [6, 6.07) is 22.1. The van der Waals surface area contributed by atoms with Crippen LogP contribution in [0.4, 0.5) is 0 Å². The van der Waals surface area contributed by atoms with E-state index in [1.165, 1.54) is 0 Å². The first kappa shape index (κ1) is 32.8. The predicted molar refractivity (Wildman–Crippen MR) is 178 cm³/mol. The minimum absolute atomic E-state index is 0.645. The quantitative estimate of drug-likeness (QED) is 0.240. The van der Waals surface area contributed by atoms with Crippen molar-refractivity contribution in [3.8, 4) is 22.6 Å². The van der Waals surface area contributed by atoms with Gasteiger partial charge in [-0.2, -0.15) is 0 Å². The number of hydrogen-bond acceptors (Lipinski definition) is 5. The highest BCUT2D eigenvalue weighted by molar-refractivity contribution is 6.47. The lowest BCUT2D eigenvalue weighted by molar-refractivity contribution is -0.0893. The molecule has 5 nitrogen and oxygen atoms in total. The predicted octanol–water partition coefficient (Wildman–Crippen LogP) is 6.50. The Morgan fingerprint density at radius 1 is 0.605 bits per heavy atom. The van der Waals surface area contributed by atoms with Crippen LogP contribution >= 0.6 is 0 Å². The van der Waals surface area contributed by atoms with Crippen molar-refractivity contribution < 1.29 is 24.3 Å². The molecule has 0 fully saturated rings. The van der Waals surface area contributed by atoms with Crippen LogP contribution < -0.4 is 15.7 Å². The number of aliphatic hydroxyl groups is 2. The number of rotatable bonds is 12. The normalized spacial score (nSPS) is 14.3. The van der Waals surface area contributed by atoms with Gasteiger partial charge in [-0.3, -0.25) is 0 Å². The molecule has 0 spiro atoms. The maximum Gasteiger partial charge on any atom is 0.331 e. The van der Waals surface area contributed by atoms with Crippen LogP contribution in [0.15, 0.2) is 85.0 Å². The fraction of sp³-hybridized carbons (Fsp3) is 0.389. The Labute approximate surface area is 259 Å². The molecule has 2 radical (unpaired) electrons. The van der Waals surface area contributed by atoms with Gasteiger partial charge in [0.15, 0.2) is 0 Å². The maximum atomic E-state index is 10.6. The van der Waals surface area contributed by atoms with E-state index >= 15 is 0 Å². The van der Waals surface area contributed by atoms with Crippen LogP contribution in [0.2, 0.25) is 0 Å². The fourth-order valence-corrected chi connectivity index (χ4v) is 4.14. The molecule has 0 saturated carbocycles. The van der Waals surface area contributed by atoms with Crippen LogP contribution in [0.1, 0.15) is 73.8 Å². The van der Waals surface area contributed by atoms with Gasteiger partial charge in [-0.1, -0.05) is 60.7 Å². The zero-order chi connectivity index (χ0) is 31.5. The van der Waals surface area contributed by atoms with Crippen LogP contribution in [0, 0.1) is 0 Å². The molecule has 1 aliphatic rings. The third kappa shape index (κ3) is 8.51. The summed E-state index contributed by atoms with van der Waals surface area (Å²) in [7, 11) is 3.37. The summed E-state index contributed by atoms with van der Waals surface area (Å²) < 4.78 is 18.8. The molecule has 224 valence electrons. The van der Waals surface area contributed by atoms with Gasteiger partial charge in [-0.15, -0.1) is 0 Å². The molecular formula is C36H44B2O5. The van der Waals surface area contributed by atoms with Crippen LogP contribution in [0.25, 0.3) is 16.7 Å². The van der Waals surface area contributed by atoms with E-state index in [1.54, 1.807) is 42.7 Å². The lowest BCUT2D eigenvalue weighted by Crippen LogP contribution is -2.49. The van der Waals surface area contributed by atoms with Gasteiger partial charge >= 0.3 is 15.0 Å². The van der Waals surface area contributed by atoms with E-state index in [4.69, 9.17) is 14.0 Å². The van der Waals surface area contributed by atoms with Crippen molar-refractivity contribution in [1.82, 2.24) is 0 Å². The largest absolute Gasteiger partial charge is 0.457 e. The van der Waals surface area contributed by atoms with Gasteiger partial charge in [0.2, 0.25) is 0 Å². The number of allylic oxidation sites excluding steroid dienone is 4. The molecule has 3 aromatic carbocycles. The highest BCUT2D eigenvalue weighted by atomic mass is 16.5. The standard InChI is InChI=1S/C36H44B2O5/c1-33(2,39)35(5,6)42-37-29-19-27(25-15-11-9-12-16-25)21-31(23-29)41-32-22-28(26-17-13-10-14-18-26)20-30(24-32)38-43-36(7,8)34(3,4)40/h9,11-13,15-24,39-40H,10,14H2,1-8H3. The van der Waals surface area contributed by atoms with E-state index in [-0.39, 0.29) is 0 Å². The average Bonchev–Trinajstić information content (AvgIpc) is 2.95. The number of ether oxygens (including phenoxy) is 1. The second-order valence-corrected chi connectivity index (χ2v) is 13.3. The van der Waals surface area contributed by atoms with Gasteiger partial charge in [-0.05, 0) is 126 Å². The van der Waals surface area contributed by atoms with Crippen LogP contribution in [-0.4, -0.2) is 47.6 Å². The minimum atomic E-state index is -1.04. The second-order valence-electron chi connectivity index (χ2n) is 13.3. The highest BCUT2D eigenvalue weighted by Gasteiger charge is 2.36. The number of benzene rings is 3. The van der Waals surface area contributed by atoms with Crippen LogP contribution in [0.3, 0.4) is 0 Å². The second kappa shape index (κ2) is 12.9. The lowest BCUT2D eigenvalue weighted by atomic mass is 9.81. The summed E-state index contributed by atoms with van der Waals surface area (Å²) >= 11 is 0. The van der Waals surface area contributed by atoms with Crippen molar-refractivity contribution in [2.75, 3.05) is 0 Å². The fourth-order valence-electron chi connectivity index (χ4n) is 4.14. The first-order valence-electron chi connectivity index (χ1n) is 14.9. The van der Waals surface area contributed by atoms with Gasteiger partial charge in [0, 0.05) is 0 Å². The smallest absolute Gasteiger partial charge is 0.331 e. The van der Waals surface area contributed by atoms with Crippen molar-refractivity contribution in [2.45, 2.75) is 90.6 Å². The van der Waals surface area contributed by atoms with E-state index in [9.17, 15) is 10.2 Å². The highest BCUT2D eigenvalue weighted by Crippen LogP contribution is 2.31. The molecule has 0 amide bonds. The van der Waals surface area contributed by atoms with Crippen molar-refractivity contribution >= 4 is 31.5 Å². The Bertz CT molecular complexity index is 1460. The third-order valence-corrected chi connectivity index (χ3v) is 8.45. The zero-order valence-electron chi connectivity index (χ0n) is 26.8. The van der Waals surface area contributed by atoms with Crippen molar-refractivity contribution in [2.24, 2.45) is 0 Å². The van der Waals surface area contributed by atoms with Gasteiger partial charge in [0.1, 0.15) is 11.5 Å². The first-order valence-corrected chi connectivity index (χ1v) is 14.9. The third-order valence-electron chi connectivity index (χ3n) is 8.45. The summed E-state index contributed by atoms with van der Waals surface area (Å²) in [6.07, 6.45) is 8.56. The molecule has 4 rings (SSSR count). The van der Waals surface area contributed by atoms with E-state index in [2.05, 4.69) is 36.4 Å². The minimum Gasteiger partial charge on any atom is -0.457 e. The van der Waals surface area contributed by atoms with Gasteiger partial charge in [0.05, 0.1) is 22.4 Å². The lowest BCUT2D eigenvalue weighted by Gasteiger charge is -2.37. The topological polar surface area (TPSA) is 68.2 Å². The molecule has 3 aromatic rings. The molecule has 43 heavy (non-hydrogen) atoms. The van der Waals surface area contributed by atoms with Crippen molar-refractivity contribution in [3.63, 3.8) is 0 Å². The maximum absolute atomic E-state index is 10.6. The molecule has 0 bridgehead atoms. The summed E-state index contributed by atoms with van der Waals surface area (Å²) in [5, 5.41) is 21.2. The molecule has 0 aromatic heterocycles. The van der Waals surface area contributed by atoms with E-state index < -0.39 is 22.4 Å². The van der Waals surface area contributed by atoms with Crippen molar-refractivity contribution in [1.29, 1.82) is 0 Å². The van der Waals surface area contributed by atoms with Crippen molar-refractivity contribution in [3.05, 3.63) is 90.5 Å². The molecule has 1 aliphatic carbocycles. The molecular weight excluding hydrogens is 534 g/mol. The summed E-state index contributed by atoms with van der Waals surface area (Å²) in [6.45, 7) is 14.4.